The van der Waals surface area contributed by atoms with Crippen LogP contribution in [0.1, 0.15) is 55.6 Å². The van der Waals surface area contributed by atoms with Crippen molar-refractivity contribution in [3.05, 3.63) is 29.2 Å². The monoisotopic (exact) mass is 430 g/mol. The van der Waals surface area contributed by atoms with Crippen molar-refractivity contribution in [2.24, 2.45) is 5.92 Å². The maximum absolute atomic E-state index is 12.7. The molecule has 30 heavy (non-hydrogen) atoms. The van der Waals surface area contributed by atoms with E-state index in [1.807, 2.05) is 20.1 Å². The number of hydrogen-bond donors (Lipinski definition) is 2. The number of amides is 1. The highest BCUT2D eigenvalue weighted by molar-refractivity contribution is 7.98. The topological polar surface area (TPSA) is 135 Å². The summed E-state index contributed by atoms with van der Waals surface area (Å²) in [5.41, 5.74) is 2.83. The molecule has 0 saturated heterocycles. The van der Waals surface area contributed by atoms with Crippen molar-refractivity contribution in [1.82, 2.24) is 40.6 Å². The first-order chi connectivity index (χ1) is 14.4. The van der Waals surface area contributed by atoms with E-state index in [1.165, 1.54) is 18.1 Å². The molecule has 3 aromatic rings. The number of carbonyl (C=O) groups is 1. The Bertz CT molecular complexity index is 963. The van der Waals surface area contributed by atoms with E-state index in [0.29, 0.717) is 42.7 Å². The molecule has 10 nitrogen and oxygen atoms in total. The Morgan fingerprint density at radius 2 is 1.97 bits per heavy atom. The van der Waals surface area contributed by atoms with Crippen LogP contribution < -0.4 is 5.32 Å². The first kappa shape index (κ1) is 21.9. The van der Waals surface area contributed by atoms with Crippen LogP contribution in [0.4, 0.5) is 0 Å². The molecule has 0 fully saturated rings. The molecule has 0 aromatic carbocycles. The molecule has 3 aromatic heterocycles. The van der Waals surface area contributed by atoms with Crippen molar-refractivity contribution in [3.63, 3.8) is 0 Å². The Morgan fingerprint density at radius 3 is 2.57 bits per heavy atom. The van der Waals surface area contributed by atoms with Crippen molar-refractivity contribution in [2.45, 2.75) is 58.2 Å². The number of carbonyl (C=O) groups excluding carboxylic acids is 1. The molecule has 0 aliphatic heterocycles. The smallest absolute Gasteiger partial charge is 0.249 e. The number of aromatic nitrogens is 7. The third-order valence-corrected chi connectivity index (χ3v) is 5.14. The summed E-state index contributed by atoms with van der Waals surface area (Å²) in [6, 6.07) is -0.376. The van der Waals surface area contributed by atoms with Gasteiger partial charge in [-0.3, -0.25) is 9.89 Å². The zero-order valence-electron chi connectivity index (χ0n) is 17.8. The molecule has 11 heteroatoms. The van der Waals surface area contributed by atoms with Gasteiger partial charge in [-0.05, 0) is 44.4 Å². The Balaban J connectivity index is 1.67. The van der Waals surface area contributed by atoms with Crippen LogP contribution in [0.5, 0.6) is 0 Å². The quantitative estimate of drug-likeness (QED) is 0.388. The number of rotatable bonds is 9. The van der Waals surface area contributed by atoms with Gasteiger partial charge in [0.05, 0.1) is 0 Å². The fourth-order valence-electron chi connectivity index (χ4n) is 3.15. The van der Waals surface area contributed by atoms with Gasteiger partial charge in [0.1, 0.15) is 12.4 Å². The normalized spacial score (nSPS) is 12.3. The number of H-pyrrole nitrogens is 1. The van der Waals surface area contributed by atoms with Crippen molar-refractivity contribution < 1.29 is 9.32 Å². The lowest BCUT2D eigenvalue weighted by Gasteiger charge is -2.17. The van der Waals surface area contributed by atoms with Gasteiger partial charge in [-0.1, -0.05) is 30.8 Å². The predicted molar refractivity (Wildman–Crippen MR) is 112 cm³/mol. The summed E-state index contributed by atoms with van der Waals surface area (Å²) in [7, 11) is 0. The number of thioether (sulfide) groups is 1. The summed E-state index contributed by atoms with van der Waals surface area (Å²) in [4.78, 5) is 30.0. The molecule has 0 aliphatic rings. The van der Waals surface area contributed by atoms with E-state index in [0.717, 1.165) is 22.1 Å². The summed E-state index contributed by atoms with van der Waals surface area (Å²) < 4.78 is 5.39. The zero-order chi connectivity index (χ0) is 21.7. The van der Waals surface area contributed by atoms with Crippen LogP contribution in [0.3, 0.4) is 0 Å². The molecule has 0 saturated carbocycles. The second kappa shape index (κ2) is 9.79. The van der Waals surface area contributed by atoms with Gasteiger partial charge < -0.3 is 9.84 Å². The molecule has 0 aliphatic carbocycles. The average molecular weight is 431 g/mol. The largest absolute Gasteiger partial charge is 0.344 e. The molecule has 1 amide bonds. The fraction of sp³-hybridized carbons (Fsp3) is 0.526. The highest BCUT2D eigenvalue weighted by Crippen LogP contribution is 2.23. The summed E-state index contributed by atoms with van der Waals surface area (Å²) in [5, 5.41) is 14.2. The molecule has 3 heterocycles. The van der Waals surface area contributed by atoms with Gasteiger partial charge in [-0.2, -0.15) is 10.1 Å². The molecule has 1 atom stereocenters. The number of nitrogens with zero attached hydrogens (tertiary/aromatic N) is 6. The van der Waals surface area contributed by atoms with Crippen LogP contribution >= 0.6 is 11.8 Å². The summed E-state index contributed by atoms with van der Waals surface area (Å²) in [6.07, 6.45) is 4.88. The van der Waals surface area contributed by atoms with Crippen LogP contribution in [-0.4, -0.2) is 47.5 Å². The lowest BCUT2D eigenvalue weighted by Crippen LogP contribution is -2.30. The number of hydrogen-bond acceptors (Lipinski definition) is 9. The Morgan fingerprint density at radius 1 is 1.23 bits per heavy atom. The van der Waals surface area contributed by atoms with E-state index in [2.05, 4.69) is 54.5 Å². The van der Waals surface area contributed by atoms with E-state index >= 15 is 0 Å². The van der Waals surface area contributed by atoms with Crippen LogP contribution in [0, 0.1) is 19.8 Å². The van der Waals surface area contributed by atoms with Gasteiger partial charge in [0, 0.05) is 17.8 Å². The van der Waals surface area contributed by atoms with Crippen LogP contribution in [-0.2, 0) is 11.2 Å². The van der Waals surface area contributed by atoms with E-state index in [4.69, 9.17) is 4.52 Å². The van der Waals surface area contributed by atoms with Gasteiger partial charge >= 0.3 is 0 Å². The first-order valence-electron chi connectivity index (χ1n) is 9.74. The highest BCUT2D eigenvalue weighted by Gasteiger charge is 2.23. The Hall–Kier alpha value is -2.82. The van der Waals surface area contributed by atoms with E-state index < -0.39 is 0 Å². The summed E-state index contributed by atoms with van der Waals surface area (Å²) >= 11 is 1.51. The predicted octanol–water partition coefficient (Wildman–Crippen LogP) is 2.82. The summed E-state index contributed by atoms with van der Waals surface area (Å²) in [6.45, 7) is 8.05. The average Bonchev–Trinajstić information content (AvgIpc) is 3.37. The first-order valence-corrected chi connectivity index (χ1v) is 11.0. The molecular formula is C19H26N8O2S. The lowest BCUT2D eigenvalue weighted by molar-refractivity contribution is -0.122. The van der Waals surface area contributed by atoms with Crippen LogP contribution in [0.25, 0.3) is 11.6 Å². The van der Waals surface area contributed by atoms with Crippen molar-refractivity contribution in [2.75, 3.05) is 6.26 Å². The zero-order valence-corrected chi connectivity index (χ0v) is 18.6. The van der Waals surface area contributed by atoms with Crippen LogP contribution in [0.15, 0.2) is 16.0 Å². The van der Waals surface area contributed by atoms with Gasteiger partial charge in [-0.15, -0.1) is 0 Å². The second-order valence-corrected chi connectivity index (χ2v) is 8.17. The molecule has 0 bridgehead atoms. The van der Waals surface area contributed by atoms with Gasteiger partial charge in [-0.25, -0.2) is 15.0 Å². The summed E-state index contributed by atoms with van der Waals surface area (Å²) in [5.74, 6) is 1.31. The number of nitrogens with one attached hydrogen (secondary N) is 2. The molecule has 3 rings (SSSR count). The molecule has 0 spiro atoms. The van der Waals surface area contributed by atoms with E-state index in [1.54, 1.807) is 0 Å². The molecule has 0 radical (unpaired) electrons. The third kappa shape index (κ3) is 5.41. The standard InChI is InChI=1S/C19H26N8O2S/c1-10(2)8-14(18-25-17(27-29-18)16-20-9-21-26-16)24-15(28)7-6-13-11(3)22-19(30-5)23-12(13)4/h9-10,14H,6-8H2,1-5H3,(H,24,28)(H,20,21,26)/t14-/m1/s1. The van der Waals surface area contributed by atoms with Crippen molar-refractivity contribution in [3.8, 4) is 11.6 Å². The molecular weight excluding hydrogens is 404 g/mol. The Labute approximate surface area is 179 Å². The molecule has 0 unspecified atom stereocenters. The number of aromatic amines is 1. The highest BCUT2D eigenvalue weighted by atomic mass is 32.2. The number of aryl methyl sites for hydroxylation is 2. The van der Waals surface area contributed by atoms with Crippen molar-refractivity contribution >= 4 is 17.7 Å². The van der Waals surface area contributed by atoms with Gasteiger partial charge in [0.15, 0.2) is 11.0 Å². The van der Waals surface area contributed by atoms with E-state index in [-0.39, 0.29) is 11.9 Å². The van der Waals surface area contributed by atoms with Gasteiger partial charge in [0.25, 0.3) is 0 Å². The lowest BCUT2D eigenvalue weighted by atomic mass is 10.0. The minimum Gasteiger partial charge on any atom is -0.344 e. The Kier molecular flexibility index (Phi) is 7.14. The minimum absolute atomic E-state index is 0.0900. The van der Waals surface area contributed by atoms with Crippen molar-refractivity contribution in [1.29, 1.82) is 0 Å². The minimum atomic E-state index is -0.376. The van der Waals surface area contributed by atoms with E-state index in [9.17, 15) is 4.79 Å². The second-order valence-electron chi connectivity index (χ2n) is 7.40. The molecule has 2 N–H and O–H groups in total. The fourth-order valence-corrected chi connectivity index (χ4v) is 3.60. The van der Waals surface area contributed by atoms with Crippen LogP contribution in [0.2, 0.25) is 0 Å². The maximum atomic E-state index is 12.7. The third-order valence-electron chi connectivity index (χ3n) is 4.59. The molecule has 160 valence electrons. The maximum Gasteiger partial charge on any atom is 0.249 e. The van der Waals surface area contributed by atoms with Gasteiger partial charge in [0.2, 0.25) is 17.6 Å². The SMILES string of the molecule is CSc1nc(C)c(CCC(=O)N[C@H](CC(C)C)c2nc(-c3ncn[nH]3)no2)c(C)n1.